The fourth-order valence-electron chi connectivity index (χ4n) is 6.72. The lowest BCUT2D eigenvalue weighted by Crippen LogP contribution is -2.53. The summed E-state index contributed by atoms with van der Waals surface area (Å²) in [5.41, 5.74) is 3.34. The number of rotatable bonds is 5. The van der Waals surface area contributed by atoms with Crippen LogP contribution in [0.2, 0.25) is 0 Å². The summed E-state index contributed by atoms with van der Waals surface area (Å²) in [5, 5.41) is 4.55. The van der Waals surface area contributed by atoms with Gasteiger partial charge in [0.2, 0.25) is 0 Å². The molecule has 4 rings (SSSR count). The van der Waals surface area contributed by atoms with Crippen LogP contribution in [0.4, 0.5) is 0 Å². The van der Waals surface area contributed by atoms with Crippen LogP contribution in [0, 0.1) is 29.1 Å². The molecular formula is C28H38N2O4S. The molecule has 0 aliphatic heterocycles. The molecule has 3 aliphatic rings. The van der Waals surface area contributed by atoms with E-state index in [2.05, 4.69) is 30.4 Å². The SMILES string of the molecule is C=C[C@]1(C)CCC2=C(C1)/C(=N\NS(=O)(=O)c1ccc(C)cc1)C[C@H]1[C@](C)(C(=O)OC)CCC[C@]21C. The molecule has 1 aromatic rings. The van der Waals surface area contributed by atoms with E-state index in [4.69, 9.17) is 4.74 Å². The average Bonchev–Trinajstić information content (AvgIpc) is 2.82. The number of fused-ring (bicyclic) bond motifs is 2. The van der Waals surface area contributed by atoms with Crippen LogP contribution < -0.4 is 4.83 Å². The molecule has 3 aliphatic carbocycles. The van der Waals surface area contributed by atoms with E-state index in [1.165, 1.54) is 12.7 Å². The van der Waals surface area contributed by atoms with Gasteiger partial charge < -0.3 is 4.74 Å². The molecule has 0 saturated heterocycles. The van der Waals surface area contributed by atoms with Gasteiger partial charge in [-0.05, 0) is 86.8 Å². The van der Waals surface area contributed by atoms with Crippen molar-refractivity contribution in [3.63, 3.8) is 0 Å². The van der Waals surface area contributed by atoms with Crippen LogP contribution in [0.3, 0.4) is 0 Å². The van der Waals surface area contributed by atoms with Gasteiger partial charge in [-0.25, -0.2) is 0 Å². The van der Waals surface area contributed by atoms with Crippen LogP contribution in [0.15, 0.2) is 58.1 Å². The first-order valence-corrected chi connectivity index (χ1v) is 14.0. The second kappa shape index (κ2) is 8.91. The summed E-state index contributed by atoms with van der Waals surface area (Å²) in [6.07, 6.45) is 7.92. The Labute approximate surface area is 210 Å². The number of ether oxygens (including phenoxy) is 1. The van der Waals surface area contributed by atoms with Crippen molar-refractivity contribution in [3.05, 3.63) is 53.6 Å². The summed E-state index contributed by atoms with van der Waals surface area (Å²) in [7, 11) is -2.36. The van der Waals surface area contributed by atoms with Gasteiger partial charge in [0.15, 0.2) is 0 Å². The van der Waals surface area contributed by atoms with Gasteiger partial charge >= 0.3 is 5.97 Å². The zero-order chi connectivity index (χ0) is 25.6. The van der Waals surface area contributed by atoms with Crippen LogP contribution in [0.25, 0.3) is 0 Å². The fourth-order valence-corrected chi connectivity index (χ4v) is 7.55. The van der Waals surface area contributed by atoms with Crippen molar-refractivity contribution in [2.24, 2.45) is 27.3 Å². The summed E-state index contributed by atoms with van der Waals surface area (Å²) < 4.78 is 31.3. The molecule has 1 fully saturated rings. The lowest BCUT2D eigenvalue weighted by atomic mass is 9.47. The molecule has 1 N–H and O–H groups in total. The number of esters is 1. The van der Waals surface area contributed by atoms with E-state index in [-0.39, 0.29) is 27.6 Å². The number of methoxy groups -OCH3 is 1. The number of nitrogens with one attached hydrogen (secondary N) is 1. The summed E-state index contributed by atoms with van der Waals surface area (Å²) in [5.74, 6) is -0.200. The summed E-state index contributed by atoms with van der Waals surface area (Å²) in [6.45, 7) is 12.5. The maximum atomic E-state index is 13.0. The highest BCUT2D eigenvalue weighted by atomic mass is 32.2. The minimum atomic E-state index is -3.81. The number of hydrazone groups is 1. The highest BCUT2D eigenvalue weighted by Crippen LogP contribution is 2.62. The number of carbonyl (C=O) groups excluding carboxylic acids is 1. The highest BCUT2D eigenvalue weighted by molar-refractivity contribution is 7.89. The molecule has 0 unspecified atom stereocenters. The average molecular weight is 499 g/mol. The number of hydrogen-bond acceptors (Lipinski definition) is 5. The van der Waals surface area contributed by atoms with Crippen LogP contribution in [0.1, 0.15) is 71.3 Å². The second-order valence-electron chi connectivity index (χ2n) is 11.4. The zero-order valence-corrected chi connectivity index (χ0v) is 22.4. The quantitative estimate of drug-likeness (QED) is 0.321. The van der Waals surface area contributed by atoms with Crippen molar-refractivity contribution in [1.82, 2.24) is 4.83 Å². The Hall–Kier alpha value is -2.41. The highest BCUT2D eigenvalue weighted by Gasteiger charge is 2.58. The number of nitrogens with zero attached hydrogens (tertiary/aromatic N) is 1. The molecule has 6 nitrogen and oxygen atoms in total. The van der Waals surface area contributed by atoms with E-state index in [1.54, 1.807) is 24.3 Å². The predicted octanol–water partition coefficient (Wildman–Crippen LogP) is 5.69. The first kappa shape index (κ1) is 25.7. The summed E-state index contributed by atoms with van der Waals surface area (Å²) in [4.78, 5) is 15.7. The Kier molecular flexibility index (Phi) is 6.54. The number of allylic oxidation sites excluding steroid dienone is 3. The Morgan fingerprint density at radius 1 is 1.17 bits per heavy atom. The van der Waals surface area contributed by atoms with E-state index < -0.39 is 15.4 Å². The van der Waals surface area contributed by atoms with Gasteiger partial charge in [-0.1, -0.05) is 49.6 Å². The first-order valence-electron chi connectivity index (χ1n) is 12.5. The smallest absolute Gasteiger partial charge is 0.311 e. The van der Waals surface area contributed by atoms with Gasteiger partial charge in [0, 0.05) is 0 Å². The Morgan fingerprint density at radius 2 is 1.86 bits per heavy atom. The van der Waals surface area contributed by atoms with Gasteiger partial charge in [0.05, 0.1) is 23.1 Å². The molecule has 190 valence electrons. The topological polar surface area (TPSA) is 84.8 Å². The fraction of sp³-hybridized carbons (Fsp3) is 0.571. The second-order valence-corrected chi connectivity index (χ2v) is 13.1. The zero-order valence-electron chi connectivity index (χ0n) is 21.6. The molecule has 0 bridgehead atoms. The molecule has 0 spiro atoms. The van der Waals surface area contributed by atoms with Gasteiger partial charge in [-0.2, -0.15) is 18.4 Å². The van der Waals surface area contributed by atoms with Crippen molar-refractivity contribution < 1.29 is 17.9 Å². The van der Waals surface area contributed by atoms with Crippen LogP contribution >= 0.6 is 0 Å². The third kappa shape index (κ3) is 4.37. The van der Waals surface area contributed by atoms with E-state index in [0.717, 1.165) is 55.4 Å². The van der Waals surface area contributed by atoms with Crippen molar-refractivity contribution in [1.29, 1.82) is 0 Å². The Balaban J connectivity index is 1.80. The summed E-state index contributed by atoms with van der Waals surface area (Å²) >= 11 is 0. The van der Waals surface area contributed by atoms with Crippen molar-refractivity contribution in [2.75, 3.05) is 7.11 Å². The van der Waals surface area contributed by atoms with Gasteiger partial charge in [0.25, 0.3) is 10.0 Å². The standard InChI is InChI=1S/C28H38N2O4S/c1-7-26(3)16-13-22-21(18-26)23(29-30-35(32,33)20-11-9-19(2)10-12-20)17-24-27(22,4)14-8-15-28(24,5)25(31)34-6/h7,9-12,24,30H,1,8,13-18H2,2-6H3/b29-23-/t24-,26-,27-,28-/m1/s1. The maximum absolute atomic E-state index is 13.0. The van der Waals surface area contributed by atoms with E-state index in [9.17, 15) is 13.2 Å². The molecule has 1 aromatic carbocycles. The Bertz CT molecular complexity index is 1200. The van der Waals surface area contributed by atoms with Crippen molar-refractivity contribution >= 4 is 21.7 Å². The van der Waals surface area contributed by atoms with E-state index in [0.29, 0.717) is 6.42 Å². The molecule has 0 heterocycles. The van der Waals surface area contributed by atoms with Crippen molar-refractivity contribution in [3.8, 4) is 0 Å². The summed E-state index contributed by atoms with van der Waals surface area (Å²) in [6, 6.07) is 6.72. The first-order chi connectivity index (χ1) is 16.4. The predicted molar refractivity (Wildman–Crippen MR) is 138 cm³/mol. The molecule has 4 atom stereocenters. The van der Waals surface area contributed by atoms with Crippen LogP contribution in [-0.4, -0.2) is 27.2 Å². The number of aryl methyl sites for hydroxylation is 1. The molecule has 1 saturated carbocycles. The number of benzene rings is 1. The van der Waals surface area contributed by atoms with Crippen molar-refractivity contribution in [2.45, 2.75) is 77.5 Å². The number of carbonyl (C=O) groups is 1. The lowest BCUT2D eigenvalue weighted by molar-refractivity contribution is -0.162. The van der Waals surface area contributed by atoms with Gasteiger partial charge in [-0.3, -0.25) is 4.79 Å². The van der Waals surface area contributed by atoms with E-state index >= 15 is 0 Å². The lowest BCUT2D eigenvalue weighted by Gasteiger charge is -2.56. The molecule has 0 amide bonds. The molecule has 0 aromatic heterocycles. The maximum Gasteiger partial charge on any atom is 0.311 e. The normalized spacial score (nSPS) is 34.1. The Morgan fingerprint density at radius 3 is 2.49 bits per heavy atom. The van der Waals surface area contributed by atoms with Gasteiger partial charge in [0.1, 0.15) is 0 Å². The molecule has 0 radical (unpaired) electrons. The monoisotopic (exact) mass is 498 g/mol. The minimum Gasteiger partial charge on any atom is -0.469 e. The molecule has 7 heteroatoms. The van der Waals surface area contributed by atoms with Crippen LogP contribution in [0.5, 0.6) is 0 Å². The number of sulfonamides is 1. The number of hydrogen-bond donors (Lipinski definition) is 1. The van der Waals surface area contributed by atoms with E-state index in [1.807, 2.05) is 19.9 Å². The van der Waals surface area contributed by atoms with Crippen LogP contribution in [-0.2, 0) is 19.6 Å². The van der Waals surface area contributed by atoms with Gasteiger partial charge in [-0.15, -0.1) is 6.58 Å². The third-order valence-electron chi connectivity index (χ3n) is 9.03. The molecule has 35 heavy (non-hydrogen) atoms. The molecular weight excluding hydrogens is 460 g/mol. The minimum absolute atomic E-state index is 0.00864. The largest absolute Gasteiger partial charge is 0.469 e. The third-order valence-corrected chi connectivity index (χ3v) is 10.3.